The number of carbonyl (C=O) groups is 1. The van der Waals surface area contributed by atoms with Crippen molar-refractivity contribution in [3.05, 3.63) is 35.2 Å². The molecule has 0 spiro atoms. The van der Waals surface area contributed by atoms with Crippen LogP contribution in [0.3, 0.4) is 0 Å². The minimum atomic E-state index is 0.237. The number of hydrogen-bond acceptors (Lipinski definition) is 5. The van der Waals surface area contributed by atoms with Crippen molar-refractivity contribution in [1.29, 1.82) is 0 Å². The first-order valence-corrected chi connectivity index (χ1v) is 10.1. The Labute approximate surface area is 165 Å². The summed E-state index contributed by atoms with van der Waals surface area (Å²) in [5.41, 5.74) is 0.866. The summed E-state index contributed by atoms with van der Waals surface area (Å²) in [6, 6.07) is 7.70. The Balaban J connectivity index is 1.51. The lowest BCUT2D eigenvalue weighted by molar-refractivity contribution is -0.134. The molecule has 3 rings (SSSR count). The highest BCUT2D eigenvalue weighted by Gasteiger charge is 2.24. The van der Waals surface area contributed by atoms with Crippen LogP contribution in [0.1, 0.15) is 44.9 Å². The average molecular weight is 391 g/mol. The number of nitrogens with zero attached hydrogens (tertiary/aromatic N) is 3. The molecule has 0 saturated carbocycles. The minimum absolute atomic E-state index is 0.237. The molecule has 7 heteroatoms. The van der Waals surface area contributed by atoms with Gasteiger partial charge in [-0.2, -0.15) is 4.98 Å². The lowest BCUT2D eigenvalue weighted by atomic mass is 10.0. The summed E-state index contributed by atoms with van der Waals surface area (Å²) in [7, 11) is 0. The molecule has 146 valence electrons. The van der Waals surface area contributed by atoms with Crippen LogP contribution in [0.15, 0.2) is 28.8 Å². The second-order valence-electron chi connectivity index (χ2n) is 6.94. The molecule has 1 N–H and O–H groups in total. The molecule has 1 amide bonds. The average Bonchev–Trinajstić information content (AvgIpc) is 3.16. The zero-order valence-electron chi connectivity index (χ0n) is 15.8. The first kappa shape index (κ1) is 19.8. The van der Waals surface area contributed by atoms with Crippen LogP contribution in [0.5, 0.6) is 0 Å². The molecule has 6 nitrogen and oxygen atoms in total. The molecule has 1 aromatic carbocycles. The topological polar surface area (TPSA) is 71.3 Å². The molecule has 1 aliphatic rings. The van der Waals surface area contributed by atoms with E-state index in [1.807, 2.05) is 12.1 Å². The van der Waals surface area contributed by atoms with Crippen LogP contribution in [0, 0.1) is 0 Å². The first-order chi connectivity index (χ1) is 13.2. The lowest BCUT2D eigenvalue weighted by Gasteiger charge is -2.34. The number of rotatable bonds is 8. The zero-order chi connectivity index (χ0) is 19.1. The number of aryl methyl sites for hydroxylation is 1. The van der Waals surface area contributed by atoms with Gasteiger partial charge in [0.25, 0.3) is 0 Å². The molecule has 0 unspecified atom stereocenters. The summed E-state index contributed by atoms with van der Waals surface area (Å²) in [6.45, 7) is 4.95. The Morgan fingerprint density at radius 2 is 2.04 bits per heavy atom. The number of piperidine rings is 1. The van der Waals surface area contributed by atoms with Gasteiger partial charge >= 0.3 is 0 Å². The van der Waals surface area contributed by atoms with Crippen LogP contribution in [0.2, 0.25) is 5.02 Å². The van der Waals surface area contributed by atoms with Gasteiger partial charge in [-0.15, -0.1) is 0 Å². The maximum atomic E-state index is 12.7. The fourth-order valence-electron chi connectivity index (χ4n) is 3.48. The summed E-state index contributed by atoms with van der Waals surface area (Å²) in [5.74, 6) is 1.35. The Hall–Kier alpha value is -1.92. The maximum absolute atomic E-state index is 12.7. The Morgan fingerprint density at radius 3 is 2.74 bits per heavy atom. The van der Waals surface area contributed by atoms with Crippen molar-refractivity contribution in [2.45, 2.75) is 51.5 Å². The van der Waals surface area contributed by atoms with Crippen molar-refractivity contribution >= 4 is 17.5 Å². The maximum Gasteiger partial charge on any atom is 0.226 e. The molecule has 2 heterocycles. The van der Waals surface area contributed by atoms with Gasteiger partial charge in [0.1, 0.15) is 0 Å². The van der Waals surface area contributed by atoms with Gasteiger partial charge in [-0.05, 0) is 63.0 Å². The zero-order valence-corrected chi connectivity index (χ0v) is 16.5. The van der Waals surface area contributed by atoms with E-state index in [0.717, 1.165) is 44.5 Å². The third kappa shape index (κ3) is 5.53. The molecule has 1 aliphatic heterocycles. The molecule has 0 atom stereocenters. The molecule has 0 aliphatic carbocycles. The number of nitrogens with one attached hydrogen (secondary N) is 1. The van der Waals surface area contributed by atoms with Crippen molar-refractivity contribution in [3.63, 3.8) is 0 Å². The van der Waals surface area contributed by atoms with E-state index in [2.05, 4.69) is 27.3 Å². The van der Waals surface area contributed by atoms with Crippen molar-refractivity contribution in [2.24, 2.45) is 0 Å². The summed E-state index contributed by atoms with van der Waals surface area (Å²) in [6.07, 6.45) is 4.91. The van der Waals surface area contributed by atoms with Gasteiger partial charge in [0.05, 0.1) is 0 Å². The number of benzene rings is 1. The number of halogens is 1. The first-order valence-electron chi connectivity index (χ1n) is 9.76. The summed E-state index contributed by atoms with van der Waals surface area (Å²) < 4.78 is 5.33. The number of amides is 1. The molecule has 27 heavy (non-hydrogen) atoms. The van der Waals surface area contributed by atoms with Crippen molar-refractivity contribution in [1.82, 2.24) is 20.4 Å². The van der Waals surface area contributed by atoms with E-state index >= 15 is 0 Å². The minimum Gasteiger partial charge on any atom is -0.340 e. The predicted molar refractivity (Wildman–Crippen MR) is 106 cm³/mol. The van der Waals surface area contributed by atoms with Gasteiger partial charge in [-0.1, -0.05) is 23.7 Å². The second kappa shape index (κ2) is 9.85. The Kier molecular flexibility index (Phi) is 7.24. The van der Waals surface area contributed by atoms with Gasteiger partial charge in [-0.25, -0.2) is 0 Å². The quantitative estimate of drug-likeness (QED) is 0.744. The smallest absolute Gasteiger partial charge is 0.226 e. The van der Waals surface area contributed by atoms with Crippen molar-refractivity contribution in [3.8, 4) is 11.4 Å². The Morgan fingerprint density at radius 1 is 1.30 bits per heavy atom. The third-order valence-corrected chi connectivity index (χ3v) is 5.14. The van der Waals surface area contributed by atoms with Crippen LogP contribution in [-0.4, -0.2) is 46.6 Å². The van der Waals surface area contributed by atoms with Crippen LogP contribution in [0.25, 0.3) is 11.4 Å². The van der Waals surface area contributed by atoms with Gasteiger partial charge < -0.3 is 14.7 Å². The van der Waals surface area contributed by atoms with Gasteiger partial charge in [0.15, 0.2) is 0 Å². The fraction of sp³-hybridized carbons (Fsp3) is 0.550. The SMILES string of the molecule is CCCN(C(=O)CCCc1nc(-c2ccc(Cl)cc2)no1)C1CCNCC1. The molecule has 0 bridgehead atoms. The lowest BCUT2D eigenvalue weighted by Crippen LogP contribution is -2.46. The highest BCUT2D eigenvalue weighted by atomic mass is 35.5. The van der Waals surface area contributed by atoms with Crippen LogP contribution in [0.4, 0.5) is 0 Å². The van der Waals surface area contributed by atoms with E-state index in [1.165, 1.54) is 0 Å². The summed E-state index contributed by atoms with van der Waals surface area (Å²) in [5, 5.41) is 8.05. The van der Waals surface area contributed by atoms with Crippen molar-refractivity contribution in [2.75, 3.05) is 19.6 Å². The van der Waals surface area contributed by atoms with E-state index in [-0.39, 0.29) is 5.91 Å². The van der Waals surface area contributed by atoms with Crippen molar-refractivity contribution < 1.29 is 9.32 Å². The van der Waals surface area contributed by atoms with Crippen LogP contribution in [-0.2, 0) is 11.2 Å². The van der Waals surface area contributed by atoms with Crippen LogP contribution < -0.4 is 5.32 Å². The molecular formula is C20H27ClN4O2. The van der Waals surface area contributed by atoms with E-state index in [0.29, 0.717) is 42.0 Å². The predicted octanol–water partition coefficient (Wildman–Crippen LogP) is 3.70. The molecule has 1 fully saturated rings. The molecule has 0 radical (unpaired) electrons. The number of aromatic nitrogens is 2. The monoisotopic (exact) mass is 390 g/mol. The van der Waals surface area contributed by atoms with E-state index in [1.54, 1.807) is 12.1 Å². The third-order valence-electron chi connectivity index (χ3n) is 4.89. The fourth-order valence-corrected chi connectivity index (χ4v) is 3.60. The second-order valence-corrected chi connectivity index (χ2v) is 7.38. The van der Waals surface area contributed by atoms with Crippen LogP contribution >= 0.6 is 11.6 Å². The molecule has 2 aromatic rings. The molecule has 1 saturated heterocycles. The number of carbonyl (C=O) groups excluding carboxylic acids is 1. The highest BCUT2D eigenvalue weighted by molar-refractivity contribution is 6.30. The summed E-state index contributed by atoms with van der Waals surface area (Å²) in [4.78, 5) is 19.2. The van der Waals surface area contributed by atoms with Gasteiger partial charge in [0, 0.05) is 36.0 Å². The molecule has 1 aromatic heterocycles. The molecular weight excluding hydrogens is 364 g/mol. The summed E-state index contributed by atoms with van der Waals surface area (Å²) >= 11 is 5.90. The standard InChI is InChI=1S/C20H27ClN4O2/c1-2-14-25(17-10-12-22-13-11-17)19(26)5-3-4-18-23-20(24-27-18)15-6-8-16(21)9-7-15/h6-9,17,22H,2-5,10-14H2,1H3. The van der Waals surface area contributed by atoms with Gasteiger partial charge in [0.2, 0.25) is 17.6 Å². The van der Waals surface area contributed by atoms with E-state index in [9.17, 15) is 4.79 Å². The van der Waals surface area contributed by atoms with E-state index in [4.69, 9.17) is 16.1 Å². The largest absolute Gasteiger partial charge is 0.340 e. The number of hydrogen-bond donors (Lipinski definition) is 1. The highest BCUT2D eigenvalue weighted by Crippen LogP contribution is 2.20. The van der Waals surface area contributed by atoms with E-state index < -0.39 is 0 Å². The Bertz CT molecular complexity index is 726. The van der Waals surface area contributed by atoms with Gasteiger partial charge in [-0.3, -0.25) is 4.79 Å². The normalized spacial score (nSPS) is 15.0.